The lowest BCUT2D eigenvalue weighted by Crippen LogP contribution is -2.41. The molecule has 3 heteroatoms. The third-order valence-electron chi connectivity index (χ3n) is 4.02. The Labute approximate surface area is 122 Å². The molecule has 1 aliphatic carbocycles. The smallest absolute Gasteiger partial charge is 0.234 e. The van der Waals surface area contributed by atoms with Gasteiger partial charge in [0.2, 0.25) is 5.91 Å². The van der Waals surface area contributed by atoms with E-state index in [-0.39, 0.29) is 11.9 Å². The molecule has 1 saturated carbocycles. The van der Waals surface area contributed by atoms with E-state index in [1.54, 1.807) is 0 Å². The standard InChI is InChI=1S/C17H26N2O/c1-14(11-12-15-7-3-2-4-8-15)19-17(20)13-18-16-9-5-6-10-16/h2-4,7-8,14,16,18H,5-6,9-13H2,1H3,(H,19,20). The lowest BCUT2D eigenvalue weighted by atomic mass is 10.1. The minimum Gasteiger partial charge on any atom is -0.353 e. The molecule has 0 heterocycles. The molecule has 110 valence electrons. The summed E-state index contributed by atoms with van der Waals surface area (Å²) in [6.45, 7) is 2.54. The average Bonchev–Trinajstić information content (AvgIpc) is 2.97. The fourth-order valence-corrected chi connectivity index (χ4v) is 2.79. The number of nitrogens with one attached hydrogen (secondary N) is 2. The average molecular weight is 274 g/mol. The molecular weight excluding hydrogens is 248 g/mol. The first-order valence-corrected chi connectivity index (χ1v) is 7.80. The fraction of sp³-hybridized carbons (Fsp3) is 0.588. The molecule has 20 heavy (non-hydrogen) atoms. The second-order valence-electron chi connectivity index (χ2n) is 5.86. The zero-order valence-electron chi connectivity index (χ0n) is 12.4. The Morgan fingerprint density at radius 3 is 2.65 bits per heavy atom. The molecular formula is C17H26N2O. The van der Waals surface area contributed by atoms with Crippen LogP contribution in [0.5, 0.6) is 0 Å². The molecule has 1 unspecified atom stereocenters. The highest BCUT2D eigenvalue weighted by molar-refractivity contribution is 5.78. The summed E-state index contributed by atoms with van der Waals surface area (Å²) in [5.74, 6) is 0.123. The fourth-order valence-electron chi connectivity index (χ4n) is 2.79. The van der Waals surface area contributed by atoms with Gasteiger partial charge < -0.3 is 10.6 Å². The molecule has 1 aromatic rings. The molecule has 0 aromatic heterocycles. The molecule has 1 aliphatic rings. The Bertz CT molecular complexity index is 399. The van der Waals surface area contributed by atoms with Gasteiger partial charge in [-0.3, -0.25) is 4.79 Å². The van der Waals surface area contributed by atoms with Gasteiger partial charge in [-0.2, -0.15) is 0 Å². The minimum absolute atomic E-state index is 0.123. The molecule has 2 N–H and O–H groups in total. The summed E-state index contributed by atoms with van der Waals surface area (Å²) >= 11 is 0. The van der Waals surface area contributed by atoms with E-state index >= 15 is 0 Å². The number of aryl methyl sites for hydroxylation is 1. The van der Waals surface area contributed by atoms with Crippen molar-refractivity contribution in [3.8, 4) is 0 Å². The maximum atomic E-state index is 11.8. The van der Waals surface area contributed by atoms with E-state index in [9.17, 15) is 4.79 Å². The van der Waals surface area contributed by atoms with Gasteiger partial charge in [-0.05, 0) is 38.2 Å². The van der Waals surface area contributed by atoms with Crippen molar-refractivity contribution in [1.29, 1.82) is 0 Å². The Kier molecular flexibility index (Phi) is 6.06. The molecule has 0 saturated heterocycles. The highest BCUT2D eigenvalue weighted by atomic mass is 16.1. The first kappa shape index (κ1) is 15.0. The number of carbonyl (C=O) groups is 1. The quantitative estimate of drug-likeness (QED) is 0.802. The van der Waals surface area contributed by atoms with Gasteiger partial charge in [-0.1, -0.05) is 43.2 Å². The van der Waals surface area contributed by atoms with Gasteiger partial charge in [-0.15, -0.1) is 0 Å². The number of carbonyl (C=O) groups excluding carboxylic acids is 1. The van der Waals surface area contributed by atoms with E-state index in [0.717, 1.165) is 12.8 Å². The van der Waals surface area contributed by atoms with Gasteiger partial charge in [0, 0.05) is 12.1 Å². The van der Waals surface area contributed by atoms with Crippen LogP contribution < -0.4 is 10.6 Å². The van der Waals surface area contributed by atoms with Crippen LogP contribution in [0.3, 0.4) is 0 Å². The van der Waals surface area contributed by atoms with Crippen molar-refractivity contribution in [2.45, 2.75) is 57.5 Å². The lowest BCUT2D eigenvalue weighted by molar-refractivity contribution is -0.121. The zero-order chi connectivity index (χ0) is 14.2. The largest absolute Gasteiger partial charge is 0.353 e. The highest BCUT2D eigenvalue weighted by Gasteiger charge is 2.15. The van der Waals surface area contributed by atoms with E-state index in [1.807, 2.05) is 6.07 Å². The molecule has 1 amide bonds. The van der Waals surface area contributed by atoms with E-state index in [4.69, 9.17) is 0 Å². The molecule has 1 aromatic carbocycles. The van der Waals surface area contributed by atoms with E-state index in [1.165, 1.54) is 31.2 Å². The molecule has 0 spiro atoms. The van der Waals surface area contributed by atoms with Crippen molar-refractivity contribution in [1.82, 2.24) is 10.6 Å². The van der Waals surface area contributed by atoms with Gasteiger partial charge in [0.25, 0.3) is 0 Å². The van der Waals surface area contributed by atoms with Crippen LogP contribution in [0.25, 0.3) is 0 Å². The Hall–Kier alpha value is -1.35. The van der Waals surface area contributed by atoms with Crippen LogP contribution in [0.4, 0.5) is 0 Å². The van der Waals surface area contributed by atoms with Gasteiger partial charge in [0.05, 0.1) is 6.54 Å². The van der Waals surface area contributed by atoms with Crippen LogP contribution in [-0.4, -0.2) is 24.5 Å². The lowest BCUT2D eigenvalue weighted by Gasteiger charge is -2.16. The number of hydrogen-bond acceptors (Lipinski definition) is 2. The predicted molar refractivity (Wildman–Crippen MR) is 82.6 cm³/mol. The number of rotatable bonds is 7. The molecule has 1 atom stereocenters. The number of amides is 1. The van der Waals surface area contributed by atoms with Crippen molar-refractivity contribution in [2.24, 2.45) is 0 Å². The number of hydrogen-bond donors (Lipinski definition) is 2. The highest BCUT2D eigenvalue weighted by Crippen LogP contribution is 2.17. The van der Waals surface area contributed by atoms with E-state index < -0.39 is 0 Å². The summed E-state index contributed by atoms with van der Waals surface area (Å²) in [7, 11) is 0. The maximum Gasteiger partial charge on any atom is 0.234 e. The van der Waals surface area contributed by atoms with E-state index in [0.29, 0.717) is 12.6 Å². The van der Waals surface area contributed by atoms with Crippen molar-refractivity contribution in [2.75, 3.05) is 6.54 Å². The Morgan fingerprint density at radius 1 is 1.25 bits per heavy atom. The summed E-state index contributed by atoms with van der Waals surface area (Å²) < 4.78 is 0. The summed E-state index contributed by atoms with van der Waals surface area (Å²) in [6, 6.07) is 11.2. The first-order valence-electron chi connectivity index (χ1n) is 7.80. The summed E-state index contributed by atoms with van der Waals surface area (Å²) in [6.07, 6.45) is 7.03. The third-order valence-corrected chi connectivity index (χ3v) is 4.02. The van der Waals surface area contributed by atoms with Gasteiger partial charge >= 0.3 is 0 Å². The van der Waals surface area contributed by atoms with Crippen LogP contribution in [0.1, 0.15) is 44.6 Å². The molecule has 3 nitrogen and oxygen atoms in total. The van der Waals surface area contributed by atoms with Crippen LogP contribution >= 0.6 is 0 Å². The molecule has 0 radical (unpaired) electrons. The number of benzene rings is 1. The first-order chi connectivity index (χ1) is 9.74. The summed E-state index contributed by atoms with van der Waals surface area (Å²) in [5, 5.41) is 6.42. The van der Waals surface area contributed by atoms with Crippen LogP contribution in [0.15, 0.2) is 30.3 Å². The van der Waals surface area contributed by atoms with Crippen molar-refractivity contribution >= 4 is 5.91 Å². The zero-order valence-corrected chi connectivity index (χ0v) is 12.4. The summed E-state index contributed by atoms with van der Waals surface area (Å²) in [5.41, 5.74) is 1.33. The van der Waals surface area contributed by atoms with Gasteiger partial charge in [0.1, 0.15) is 0 Å². The normalized spacial score (nSPS) is 17.1. The SMILES string of the molecule is CC(CCc1ccccc1)NC(=O)CNC1CCCC1. The maximum absolute atomic E-state index is 11.8. The van der Waals surface area contributed by atoms with Crippen molar-refractivity contribution in [3.63, 3.8) is 0 Å². The van der Waals surface area contributed by atoms with Crippen LogP contribution in [-0.2, 0) is 11.2 Å². The summed E-state index contributed by atoms with van der Waals surface area (Å²) in [4.78, 5) is 11.8. The molecule has 1 fully saturated rings. The second kappa shape index (κ2) is 8.05. The van der Waals surface area contributed by atoms with Gasteiger partial charge in [0.15, 0.2) is 0 Å². The second-order valence-corrected chi connectivity index (χ2v) is 5.86. The molecule has 0 aliphatic heterocycles. The van der Waals surface area contributed by atoms with Gasteiger partial charge in [-0.25, -0.2) is 0 Å². The Morgan fingerprint density at radius 2 is 1.95 bits per heavy atom. The van der Waals surface area contributed by atoms with Crippen molar-refractivity contribution in [3.05, 3.63) is 35.9 Å². The minimum atomic E-state index is 0.123. The third kappa shape index (κ3) is 5.33. The van der Waals surface area contributed by atoms with Crippen LogP contribution in [0.2, 0.25) is 0 Å². The molecule has 0 bridgehead atoms. The topological polar surface area (TPSA) is 41.1 Å². The predicted octanol–water partition coefficient (Wildman–Crippen LogP) is 2.66. The Balaban J connectivity index is 1.60. The monoisotopic (exact) mass is 274 g/mol. The van der Waals surface area contributed by atoms with Crippen molar-refractivity contribution < 1.29 is 4.79 Å². The van der Waals surface area contributed by atoms with E-state index in [2.05, 4.69) is 41.8 Å². The molecule has 2 rings (SSSR count). The van der Waals surface area contributed by atoms with Crippen LogP contribution in [0, 0.1) is 0 Å².